The van der Waals surface area contributed by atoms with Crippen molar-refractivity contribution < 1.29 is 9.84 Å². The molecule has 3 atom stereocenters. The Balaban J connectivity index is 1.54. The monoisotopic (exact) mass is 367 g/mol. The van der Waals surface area contributed by atoms with Gasteiger partial charge in [0.2, 0.25) is 0 Å². The Labute approximate surface area is 161 Å². The number of benzene rings is 1. The molecule has 2 heterocycles. The zero-order valence-electron chi connectivity index (χ0n) is 16.3. The van der Waals surface area contributed by atoms with Crippen molar-refractivity contribution in [3.63, 3.8) is 0 Å². The van der Waals surface area contributed by atoms with Gasteiger partial charge in [0.1, 0.15) is 11.6 Å². The van der Waals surface area contributed by atoms with Crippen molar-refractivity contribution in [2.45, 2.75) is 44.8 Å². The van der Waals surface area contributed by atoms with E-state index in [1.165, 1.54) is 6.42 Å². The molecule has 0 radical (unpaired) electrons. The summed E-state index contributed by atoms with van der Waals surface area (Å²) in [5, 5.41) is 11.7. The number of aliphatic hydroxyl groups is 1. The van der Waals surface area contributed by atoms with Crippen LogP contribution in [0.4, 0.5) is 0 Å². The summed E-state index contributed by atoms with van der Waals surface area (Å²) in [7, 11) is 1.68. The normalized spacial score (nSPS) is 28.1. The summed E-state index contributed by atoms with van der Waals surface area (Å²) in [5.74, 6) is 2.44. The number of hydrogen-bond acceptors (Lipinski definition) is 5. The van der Waals surface area contributed by atoms with Crippen LogP contribution in [-0.2, 0) is 18.6 Å². The van der Waals surface area contributed by atoms with Gasteiger partial charge in [-0.3, -0.25) is 4.90 Å². The first-order valence-electron chi connectivity index (χ1n) is 10.0. The third-order valence-electron chi connectivity index (χ3n) is 6.32. The van der Waals surface area contributed by atoms with Crippen molar-refractivity contribution in [2.75, 3.05) is 20.2 Å². The van der Waals surface area contributed by atoms with Gasteiger partial charge in [-0.1, -0.05) is 25.1 Å². The zero-order chi connectivity index (χ0) is 18.9. The summed E-state index contributed by atoms with van der Waals surface area (Å²) in [5.41, 5.74) is 1.28. The predicted octanol–water partition coefficient (Wildman–Crippen LogP) is 3.17. The Hall–Kier alpha value is -1.98. The van der Waals surface area contributed by atoms with Crippen LogP contribution in [0.3, 0.4) is 0 Å². The molecule has 5 nitrogen and oxygen atoms in total. The lowest BCUT2D eigenvalue weighted by molar-refractivity contribution is -0.0662. The van der Waals surface area contributed by atoms with E-state index < -0.39 is 5.60 Å². The van der Waals surface area contributed by atoms with Crippen LogP contribution in [-0.4, -0.2) is 40.2 Å². The van der Waals surface area contributed by atoms with E-state index in [9.17, 15) is 5.11 Å². The van der Waals surface area contributed by atoms with Gasteiger partial charge in [-0.05, 0) is 31.2 Å². The van der Waals surface area contributed by atoms with Gasteiger partial charge < -0.3 is 9.84 Å². The molecule has 4 rings (SSSR count). The number of aromatic nitrogens is 2. The van der Waals surface area contributed by atoms with Gasteiger partial charge in [-0.15, -0.1) is 0 Å². The maximum atomic E-state index is 11.7. The van der Waals surface area contributed by atoms with Crippen LogP contribution in [0.25, 0.3) is 0 Å². The minimum atomic E-state index is -0.813. The molecule has 1 saturated heterocycles. The molecule has 5 heteroatoms. The van der Waals surface area contributed by atoms with E-state index in [2.05, 4.69) is 21.8 Å². The predicted molar refractivity (Wildman–Crippen MR) is 104 cm³/mol. The second-order valence-electron chi connectivity index (χ2n) is 7.94. The lowest BCUT2D eigenvalue weighted by atomic mass is 9.67. The van der Waals surface area contributed by atoms with E-state index in [0.717, 1.165) is 61.6 Å². The van der Waals surface area contributed by atoms with Crippen molar-refractivity contribution >= 4 is 0 Å². The van der Waals surface area contributed by atoms with Crippen LogP contribution in [0.15, 0.2) is 36.7 Å². The van der Waals surface area contributed by atoms with Crippen LogP contribution in [0.2, 0.25) is 0 Å². The summed E-state index contributed by atoms with van der Waals surface area (Å²) in [6.45, 7) is 4.84. The molecular weight excluding hydrogens is 338 g/mol. The molecule has 0 unspecified atom stereocenters. The van der Waals surface area contributed by atoms with E-state index in [1.54, 1.807) is 7.11 Å². The fourth-order valence-corrected chi connectivity index (χ4v) is 4.98. The number of hydrogen-bond donors (Lipinski definition) is 1. The number of rotatable bonds is 5. The van der Waals surface area contributed by atoms with Crippen LogP contribution in [0, 0.1) is 11.8 Å². The van der Waals surface area contributed by atoms with Crippen LogP contribution in [0.5, 0.6) is 5.75 Å². The van der Waals surface area contributed by atoms with Crippen molar-refractivity contribution in [3.8, 4) is 5.75 Å². The zero-order valence-corrected chi connectivity index (χ0v) is 16.3. The summed E-state index contributed by atoms with van der Waals surface area (Å²) >= 11 is 0. The lowest BCUT2D eigenvalue weighted by Crippen LogP contribution is -2.43. The van der Waals surface area contributed by atoms with Gasteiger partial charge in [0.05, 0.1) is 12.7 Å². The Morgan fingerprint density at radius 1 is 1.22 bits per heavy atom. The lowest BCUT2D eigenvalue weighted by Gasteiger charge is -2.42. The third-order valence-corrected chi connectivity index (χ3v) is 6.32. The Morgan fingerprint density at radius 3 is 2.74 bits per heavy atom. The molecule has 1 N–H and O–H groups in total. The van der Waals surface area contributed by atoms with Gasteiger partial charge in [0, 0.05) is 55.5 Å². The smallest absolute Gasteiger partial charge is 0.127 e. The quantitative estimate of drug-likeness (QED) is 0.880. The van der Waals surface area contributed by atoms with Crippen LogP contribution < -0.4 is 4.74 Å². The van der Waals surface area contributed by atoms with Crippen molar-refractivity contribution in [1.82, 2.24) is 14.9 Å². The molecule has 1 aliphatic carbocycles. The van der Waals surface area contributed by atoms with E-state index in [-0.39, 0.29) is 5.92 Å². The third kappa shape index (κ3) is 3.46. The molecule has 1 saturated carbocycles. The van der Waals surface area contributed by atoms with Gasteiger partial charge in [0.25, 0.3) is 0 Å². The molecule has 2 aromatic rings. The second kappa shape index (κ2) is 7.56. The molecule has 0 bridgehead atoms. The van der Waals surface area contributed by atoms with E-state index in [0.29, 0.717) is 5.92 Å². The van der Waals surface area contributed by atoms with Crippen molar-refractivity contribution in [3.05, 3.63) is 53.6 Å². The van der Waals surface area contributed by atoms with Crippen molar-refractivity contribution in [2.24, 2.45) is 11.8 Å². The number of aryl methyl sites for hydroxylation is 1. The number of ether oxygens (including phenoxy) is 1. The second-order valence-corrected chi connectivity index (χ2v) is 7.94. The van der Waals surface area contributed by atoms with Crippen LogP contribution in [0.1, 0.15) is 43.1 Å². The molecule has 0 spiro atoms. The number of para-hydroxylation sites is 1. The van der Waals surface area contributed by atoms with E-state index >= 15 is 0 Å². The first-order chi connectivity index (χ1) is 13.1. The largest absolute Gasteiger partial charge is 0.496 e. The Kier molecular flexibility index (Phi) is 5.15. The first kappa shape index (κ1) is 18.4. The maximum Gasteiger partial charge on any atom is 0.127 e. The molecule has 0 amide bonds. The molecule has 144 valence electrons. The Morgan fingerprint density at radius 2 is 2.00 bits per heavy atom. The average Bonchev–Trinajstić information content (AvgIpc) is 3.13. The number of methoxy groups -OCH3 is 1. The average molecular weight is 367 g/mol. The number of fused-ring (bicyclic) bond motifs is 1. The standard InChI is InChI=1S/C22H29N3O2/c1-3-21-23-11-16(12-24-21)13-25-14-17-7-6-10-22(26,19(17)15-25)18-8-4-5-9-20(18)27-2/h4-5,8-9,11-12,17,19,26H,3,6-7,10,13-15H2,1-2H3/t17-,19+,22+/m0/s1. The minimum Gasteiger partial charge on any atom is -0.496 e. The maximum absolute atomic E-state index is 11.7. The SMILES string of the molecule is CCc1ncc(CN2C[C@@H]3CCC[C@@](O)(c4ccccc4OC)[C@@H]3C2)cn1. The van der Waals surface area contributed by atoms with Crippen molar-refractivity contribution in [1.29, 1.82) is 0 Å². The highest BCUT2D eigenvalue weighted by atomic mass is 16.5. The van der Waals surface area contributed by atoms with E-state index in [4.69, 9.17) is 4.74 Å². The minimum absolute atomic E-state index is 0.235. The van der Waals surface area contributed by atoms with E-state index in [1.807, 2.05) is 36.7 Å². The highest BCUT2D eigenvalue weighted by molar-refractivity contribution is 5.39. The molecule has 1 aliphatic heterocycles. The fraction of sp³-hybridized carbons (Fsp3) is 0.545. The fourth-order valence-electron chi connectivity index (χ4n) is 4.98. The first-order valence-corrected chi connectivity index (χ1v) is 10.0. The topological polar surface area (TPSA) is 58.5 Å². The highest BCUT2D eigenvalue weighted by Gasteiger charge is 2.50. The molecule has 2 aliphatic rings. The van der Waals surface area contributed by atoms with Gasteiger partial charge in [0.15, 0.2) is 0 Å². The summed E-state index contributed by atoms with van der Waals surface area (Å²) in [6, 6.07) is 7.95. The Bertz CT molecular complexity index is 779. The number of likely N-dealkylation sites (tertiary alicyclic amines) is 1. The molecule has 27 heavy (non-hydrogen) atoms. The highest BCUT2D eigenvalue weighted by Crippen LogP contribution is 2.50. The summed E-state index contributed by atoms with van der Waals surface area (Å²) < 4.78 is 5.57. The summed E-state index contributed by atoms with van der Waals surface area (Å²) in [4.78, 5) is 11.3. The van der Waals surface area contributed by atoms with Gasteiger partial charge >= 0.3 is 0 Å². The molecule has 1 aromatic carbocycles. The van der Waals surface area contributed by atoms with Gasteiger partial charge in [-0.2, -0.15) is 0 Å². The molecule has 2 fully saturated rings. The molecule has 1 aromatic heterocycles. The van der Waals surface area contributed by atoms with Crippen LogP contribution >= 0.6 is 0 Å². The summed E-state index contributed by atoms with van der Waals surface area (Å²) in [6.07, 6.45) is 7.79. The number of nitrogens with zero attached hydrogens (tertiary/aromatic N) is 3. The molecular formula is C22H29N3O2. The van der Waals surface area contributed by atoms with Gasteiger partial charge in [-0.25, -0.2) is 9.97 Å².